The Hall–Kier alpha value is -3.57. The van der Waals surface area contributed by atoms with Gasteiger partial charge in [0.1, 0.15) is 17.1 Å². The van der Waals surface area contributed by atoms with Crippen molar-refractivity contribution in [1.82, 2.24) is 15.0 Å². The highest BCUT2D eigenvalue weighted by Crippen LogP contribution is 2.40. The molecule has 1 spiro atoms. The Balaban J connectivity index is 1.49. The van der Waals surface area contributed by atoms with Gasteiger partial charge < -0.3 is 9.26 Å². The number of hydrogen-bond donors (Lipinski definition) is 1. The van der Waals surface area contributed by atoms with E-state index in [1.807, 2.05) is 17.9 Å². The minimum Gasteiger partial charge on any atom is -0.377 e. The summed E-state index contributed by atoms with van der Waals surface area (Å²) in [4.78, 5) is 25.3. The molecule has 11 heteroatoms. The number of aromatic nitrogens is 2. The Morgan fingerprint density at radius 3 is 2.57 bits per heavy atom. The summed E-state index contributed by atoms with van der Waals surface area (Å²) >= 11 is 0. The fourth-order valence-corrected chi connectivity index (χ4v) is 6.97. The second-order valence-corrected chi connectivity index (χ2v) is 12.7. The molecule has 10 nitrogen and oxygen atoms in total. The van der Waals surface area contributed by atoms with Gasteiger partial charge in [0.15, 0.2) is 5.82 Å². The Bertz CT molecular complexity index is 1590. The highest BCUT2D eigenvalue weighted by molar-refractivity contribution is 7.92. The molecule has 1 aliphatic heterocycles. The zero-order chi connectivity index (χ0) is 29.9. The van der Waals surface area contributed by atoms with Crippen LogP contribution < -0.4 is 4.72 Å². The molecule has 1 fully saturated rings. The van der Waals surface area contributed by atoms with E-state index < -0.39 is 15.6 Å². The van der Waals surface area contributed by atoms with Crippen LogP contribution in [0.25, 0.3) is 11.1 Å². The molecule has 0 atom stereocenters. The number of sulfonamides is 1. The molecule has 0 saturated heterocycles. The number of rotatable bonds is 12. The first kappa shape index (κ1) is 29.9. The summed E-state index contributed by atoms with van der Waals surface area (Å²) in [7, 11) is -4.01. The number of hydrogen-bond acceptors (Lipinski definition) is 8. The molecule has 0 unspecified atom stereocenters. The molecular weight excluding hydrogens is 554 g/mol. The van der Waals surface area contributed by atoms with Crippen molar-refractivity contribution < 1.29 is 22.5 Å². The van der Waals surface area contributed by atoms with E-state index in [2.05, 4.69) is 16.8 Å². The Labute approximate surface area is 247 Å². The molecule has 0 radical (unpaired) electrons. The fraction of sp³-hybridized carbons (Fsp3) is 0.484. The lowest BCUT2D eigenvalue weighted by atomic mass is 9.98. The molecule has 42 heavy (non-hydrogen) atoms. The van der Waals surface area contributed by atoms with E-state index in [1.54, 1.807) is 44.3 Å². The van der Waals surface area contributed by atoms with Gasteiger partial charge in [-0.15, -0.1) is 0 Å². The molecule has 1 saturated carbocycles. The van der Waals surface area contributed by atoms with Gasteiger partial charge in [-0.1, -0.05) is 49.5 Å². The molecule has 1 N–H and O–H groups in total. The smallest absolute Gasteiger partial charge is 0.263 e. The summed E-state index contributed by atoms with van der Waals surface area (Å²) in [6.07, 6.45) is 8.05. The highest BCUT2D eigenvalue weighted by atomic mass is 32.2. The number of amides is 1. The van der Waals surface area contributed by atoms with Crippen molar-refractivity contribution in [2.75, 3.05) is 11.3 Å². The highest BCUT2D eigenvalue weighted by Gasteiger charge is 2.49. The predicted octanol–water partition coefficient (Wildman–Crippen LogP) is 5.93. The minimum absolute atomic E-state index is 0.0734. The van der Waals surface area contributed by atoms with Gasteiger partial charge >= 0.3 is 0 Å². The standard InChI is InChI=1S/C31H39N5O5S/c1-5-7-14-28-33-31(15-10-11-16-31)30(37)36(28)19-24-17-23(20-40-6-2)26(18-32-24)25-12-8-9-13-27(25)42(38,39)35-29-21(3)22(4)41-34-29/h8-9,12-13,17-18H,5-7,10-11,14-16,19-20H2,1-4H3,(H,34,35). The summed E-state index contributed by atoms with van der Waals surface area (Å²) in [5.41, 5.74) is 2.63. The van der Waals surface area contributed by atoms with Crippen LogP contribution in [-0.2, 0) is 32.7 Å². The summed E-state index contributed by atoms with van der Waals surface area (Å²) in [6.45, 7) is 8.58. The van der Waals surface area contributed by atoms with Crippen LogP contribution in [0.3, 0.4) is 0 Å². The molecule has 0 bridgehead atoms. The number of anilines is 1. The average molecular weight is 594 g/mol. The molecule has 2 aromatic heterocycles. The largest absolute Gasteiger partial charge is 0.377 e. The van der Waals surface area contributed by atoms with Crippen molar-refractivity contribution in [2.24, 2.45) is 4.99 Å². The van der Waals surface area contributed by atoms with Gasteiger partial charge in [0, 0.05) is 35.9 Å². The van der Waals surface area contributed by atoms with E-state index >= 15 is 0 Å². The van der Waals surface area contributed by atoms with Crippen LogP contribution in [-0.4, -0.2) is 47.3 Å². The number of aliphatic imine (C=N–C) groups is 1. The van der Waals surface area contributed by atoms with Crippen molar-refractivity contribution in [3.63, 3.8) is 0 Å². The molecule has 2 aliphatic rings. The summed E-state index contributed by atoms with van der Waals surface area (Å²) < 4.78 is 40.6. The topological polar surface area (TPSA) is 127 Å². The third kappa shape index (κ3) is 5.85. The average Bonchev–Trinajstić information content (AvgIpc) is 3.66. The van der Waals surface area contributed by atoms with Crippen LogP contribution in [0.5, 0.6) is 0 Å². The second-order valence-electron chi connectivity index (χ2n) is 11.0. The van der Waals surface area contributed by atoms with Crippen molar-refractivity contribution in [3.05, 3.63) is 59.1 Å². The first-order valence-corrected chi connectivity index (χ1v) is 16.2. The number of nitrogens with one attached hydrogen (secondary N) is 1. The van der Waals surface area contributed by atoms with Crippen LogP contribution >= 0.6 is 0 Å². The number of nitrogens with zero attached hydrogens (tertiary/aromatic N) is 4. The van der Waals surface area contributed by atoms with Crippen molar-refractivity contribution in [3.8, 4) is 11.1 Å². The minimum atomic E-state index is -4.01. The third-order valence-electron chi connectivity index (χ3n) is 8.17. The normalized spacial score (nSPS) is 16.4. The zero-order valence-electron chi connectivity index (χ0n) is 24.8. The third-order valence-corrected chi connectivity index (χ3v) is 9.56. The molecular formula is C31H39N5O5S. The molecule has 3 heterocycles. The molecule has 1 amide bonds. The van der Waals surface area contributed by atoms with Gasteiger partial charge in [0.2, 0.25) is 0 Å². The van der Waals surface area contributed by atoms with Crippen LogP contribution in [0, 0.1) is 13.8 Å². The fourth-order valence-electron chi connectivity index (χ4n) is 5.69. The zero-order valence-corrected chi connectivity index (χ0v) is 25.6. The lowest BCUT2D eigenvalue weighted by Gasteiger charge is -2.23. The number of benzene rings is 1. The van der Waals surface area contributed by atoms with E-state index in [0.29, 0.717) is 41.3 Å². The van der Waals surface area contributed by atoms with Crippen molar-refractivity contribution in [2.45, 2.75) is 96.2 Å². The van der Waals surface area contributed by atoms with E-state index in [4.69, 9.17) is 19.2 Å². The van der Waals surface area contributed by atoms with Gasteiger partial charge in [0.25, 0.3) is 15.9 Å². The number of aryl methyl sites for hydroxylation is 1. The van der Waals surface area contributed by atoms with Crippen LogP contribution in [0.15, 0.2) is 50.9 Å². The molecule has 224 valence electrons. The Kier molecular flexibility index (Phi) is 8.79. The Morgan fingerprint density at radius 1 is 1.12 bits per heavy atom. The van der Waals surface area contributed by atoms with Crippen molar-refractivity contribution >= 4 is 27.6 Å². The summed E-state index contributed by atoms with van der Waals surface area (Å²) in [5.74, 6) is 1.62. The van der Waals surface area contributed by atoms with E-state index in [9.17, 15) is 13.2 Å². The van der Waals surface area contributed by atoms with Crippen LogP contribution in [0.4, 0.5) is 5.82 Å². The lowest BCUT2D eigenvalue weighted by Crippen LogP contribution is -2.40. The lowest BCUT2D eigenvalue weighted by molar-refractivity contribution is -0.131. The summed E-state index contributed by atoms with van der Waals surface area (Å²) in [6, 6.07) is 8.69. The number of pyridine rings is 1. The van der Waals surface area contributed by atoms with E-state index in [-0.39, 0.29) is 23.2 Å². The van der Waals surface area contributed by atoms with Gasteiger partial charge in [-0.25, -0.2) is 8.42 Å². The van der Waals surface area contributed by atoms with Crippen LogP contribution in [0.2, 0.25) is 0 Å². The SMILES string of the molecule is CCCCC1=NC2(CCCC2)C(=O)N1Cc1cc(COCC)c(-c2ccccc2S(=O)(=O)Nc2noc(C)c2C)cn1. The second kappa shape index (κ2) is 12.3. The number of ether oxygens (including phenoxy) is 1. The maximum atomic E-state index is 13.7. The maximum Gasteiger partial charge on any atom is 0.263 e. The number of carbonyl (C=O) groups is 1. The van der Waals surface area contributed by atoms with Crippen LogP contribution in [0.1, 0.15) is 81.4 Å². The first-order valence-electron chi connectivity index (χ1n) is 14.7. The van der Waals surface area contributed by atoms with Gasteiger partial charge in [-0.3, -0.25) is 24.4 Å². The monoisotopic (exact) mass is 593 g/mol. The summed E-state index contributed by atoms with van der Waals surface area (Å²) in [5, 5.41) is 3.86. The number of carbonyl (C=O) groups excluding carboxylic acids is 1. The van der Waals surface area contributed by atoms with E-state index in [0.717, 1.165) is 56.3 Å². The maximum absolute atomic E-state index is 13.7. The van der Waals surface area contributed by atoms with Gasteiger partial charge in [-0.05, 0) is 57.7 Å². The number of unbranched alkanes of at least 4 members (excludes halogenated alkanes) is 1. The van der Waals surface area contributed by atoms with Crippen molar-refractivity contribution in [1.29, 1.82) is 0 Å². The molecule has 1 aliphatic carbocycles. The first-order chi connectivity index (χ1) is 20.2. The number of amidine groups is 1. The van der Waals surface area contributed by atoms with Gasteiger partial charge in [-0.2, -0.15) is 0 Å². The molecule has 3 aromatic rings. The van der Waals surface area contributed by atoms with E-state index in [1.165, 1.54) is 0 Å². The van der Waals surface area contributed by atoms with Gasteiger partial charge in [0.05, 0.1) is 23.7 Å². The Morgan fingerprint density at radius 2 is 1.88 bits per heavy atom. The molecule has 1 aromatic carbocycles. The quantitative estimate of drug-likeness (QED) is 0.276. The molecule has 5 rings (SSSR count). The predicted molar refractivity (Wildman–Crippen MR) is 160 cm³/mol.